The molecule has 0 aliphatic carbocycles. The number of methoxy groups -OCH3 is 2. The van der Waals surface area contributed by atoms with Gasteiger partial charge >= 0.3 is 0 Å². The first kappa shape index (κ1) is 18.6. The zero-order valence-electron chi connectivity index (χ0n) is 14.3. The summed E-state index contributed by atoms with van der Waals surface area (Å²) in [5.74, 6) is 0.758. The highest BCUT2D eigenvalue weighted by Gasteiger charge is 2.63. The highest BCUT2D eigenvalue weighted by Crippen LogP contribution is 2.43. The Bertz CT molecular complexity index is 689. The summed E-state index contributed by atoms with van der Waals surface area (Å²) in [6.07, 6.45) is -0.571. The van der Waals surface area contributed by atoms with E-state index in [-0.39, 0.29) is 13.2 Å². The Morgan fingerprint density at radius 2 is 1.96 bits per heavy atom. The lowest BCUT2D eigenvalue weighted by atomic mass is 10.0. The Morgan fingerprint density at radius 1 is 1.24 bits per heavy atom. The second-order valence-corrected chi connectivity index (χ2v) is 7.75. The normalized spacial score (nSPS) is 31.4. The van der Waals surface area contributed by atoms with Crippen molar-refractivity contribution in [2.45, 2.75) is 30.7 Å². The summed E-state index contributed by atoms with van der Waals surface area (Å²) in [5.41, 5.74) is -0.0683. The van der Waals surface area contributed by atoms with Crippen LogP contribution in [0.15, 0.2) is 24.3 Å². The maximum atomic E-state index is 11.4. The fourth-order valence-corrected chi connectivity index (χ4v) is 3.44. The number of fused-ring (bicyclic) bond motifs is 2. The number of hydrogen-bond acceptors (Lipinski definition) is 8. The van der Waals surface area contributed by atoms with Crippen molar-refractivity contribution in [3.63, 3.8) is 0 Å². The molecule has 2 aliphatic rings. The first-order chi connectivity index (χ1) is 11.9. The number of rotatable bonds is 8. The molecule has 4 atom stereocenters. The van der Waals surface area contributed by atoms with Crippen LogP contribution >= 0.6 is 0 Å². The van der Waals surface area contributed by atoms with Crippen LogP contribution in [0.1, 0.15) is 5.56 Å². The summed E-state index contributed by atoms with van der Waals surface area (Å²) in [6, 6.07) is 7.47. The van der Waals surface area contributed by atoms with Gasteiger partial charge in [0.05, 0.1) is 26.6 Å². The molecule has 2 heterocycles. The third-order valence-electron chi connectivity index (χ3n) is 4.29. The Balaban J connectivity index is 1.70. The van der Waals surface area contributed by atoms with E-state index in [0.29, 0.717) is 6.61 Å². The molecule has 0 unspecified atom stereocenters. The molecule has 0 saturated carbocycles. The topological polar surface area (TPSA) is 89.5 Å². The maximum absolute atomic E-state index is 11.4. The fourth-order valence-electron chi connectivity index (χ4n) is 3.03. The number of benzene rings is 1. The van der Waals surface area contributed by atoms with Crippen LogP contribution < -0.4 is 4.74 Å². The predicted octanol–water partition coefficient (Wildman–Crippen LogP) is 0.697. The molecule has 2 bridgehead atoms. The van der Waals surface area contributed by atoms with E-state index in [1.165, 1.54) is 7.11 Å². The van der Waals surface area contributed by atoms with Crippen molar-refractivity contribution in [1.82, 2.24) is 0 Å². The highest BCUT2D eigenvalue weighted by molar-refractivity contribution is 7.85. The van der Waals surface area contributed by atoms with Crippen LogP contribution in [-0.2, 0) is 39.9 Å². The van der Waals surface area contributed by atoms with Crippen molar-refractivity contribution in [1.29, 1.82) is 0 Å². The van der Waals surface area contributed by atoms with Crippen molar-refractivity contribution in [2.75, 3.05) is 33.7 Å². The summed E-state index contributed by atoms with van der Waals surface area (Å²) >= 11 is 0. The van der Waals surface area contributed by atoms with Crippen molar-refractivity contribution in [3.05, 3.63) is 29.8 Å². The molecule has 3 rings (SSSR count). The van der Waals surface area contributed by atoms with Gasteiger partial charge in [-0.3, -0.25) is 4.18 Å². The summed E-state index contributed by atoms with van der Waals surface area (Å²) in [7, 11) is -0.505. The molecule has 2 aliphatic heterocycles. The van der Waals surface area contributed by atoms with Crippen LogP contribution in [0.25, 0.3) is 0 Å². The third-order valence-corrected chi connectivity index (χ3v) is 4.84. The Kier molecular flexibility index (Phi) is 5.33. The average Bonchev–Trinajstić information content (AvgIpc) is 3.10. The monoisotopic (exact) mass is 374 g/mol. The van der Waals surface area contributed by atoms with E-state index in [2.05, 4.69) is 0 Å². The largest absolute Gasteiger partial charge is 0.497 e. The van der Waals surface area contributed by atoms with Gasteiger partial charge in [-0.05, 0) is 17.7 Å². The van der Waals surface area contributed by atoms with E-state index in [4.69, 9.17) is 27.9 Å². The second kappa shape index (κ2) is 7.18. The van der Waals surface area contributed by atoms with Crippen LogP contribution in [-0.4, -0.2) is 66.2 Å². The van der Waals surface area contributed by atoms with Gasteiger partial charge in [-0.15, -0.1) is 0 Å². The van der Waals surface area contributed by atoms with E-state index in [0.717, 1.165) is 17.6 Å². The zero-order valence-corrected chi connectivity index (χ0v) is 15.2. The van der Waals surface area contributed by atoms with Crippen molar-refractivity contribution >= 4 is 10.1 Å². The molecule has 1 aromatic rings. The first-order valence-electron chi connectivity index (χ1n) is 7.78. The second-order valence-electron chi connectivity index (χ2n) is 6.11. The highest BCUT2D eigenvalue weighted by atomic mass is 32.2. The smallest absolute Gasteiger partial charge is 0.264 e. The third kappa shape index (κ3) is 3.97. The van der Waals surface area contributed by atoms with Crippen LogP contribution in [0.3, 0.4) is 0 Å². The van der Waals surface area contributed by atoms with Gasteiger partial charge in [0, 0.05) is 7.11 Å². The fraction of sp³-hybridized carbons (Fsp3) is 0.625. The molecule has 25 heavy (non-hydrogen) atoms. The molecule has 0 N–H and O–H groups in total. The van der Waals surface area contributed by atoms with Crippen LogP contribution in [0, 0.1) is 0 Å². The molecule has 0 spiro atoms. The number of ether oxygens (including phenoxy) is 5. The van der Waals surface area contributed by atoms with Gasteiger partial charge in [-0.1, -0.05) is 12.1 Å². The van der Waals surface area contributed by atoms with E-state index in [1.54, 1.807) is 7.11 Å². The summed E-state index contributed by atoms with van der Waals surface area (Å²) in [4.78, 5) is 0. The molecule has 140 valence electrons. The minimum Gasteiger partial charge on any atom is -0.497 e. The van der Waals surface area contributed by atoms with E-state index in [1.807, 2.05) is 24.3 Å². The SMILES string of the molecule is COc1ccc(CO[C@@H]2[C@@H]3OC[C@@]2(COS(C)(=O)=O)O[C@H]3OC)cc1. The lowest BCUT2D eigenvalue weighted by molar-refractivity contribution is -0.240. The molecular formula is C16H22O8S. The number of hydrogen-bond donors (Lipinski definition) is 0. The van der Waals surface area contributed by atoms with Gasteiger partial charge < -0.3 is 23.7 Å². The van der Waals surface area contributed by atoms with Crippen LogP contribution in [0.5, 0.6) is 5.75 Å². The van der Waals surface area contributed by atoms with Crippen LogP contribution in [0.4, 0.5) is 0 Å². The minimum atomic E-state index is -3.61. The molecule has 0 amide bonds. The zero-order chi connectivity index (χ0) is 18.1. The van der Waals surface area contributed by atoms with Gasteiger partial charge in [0.15, 0.2) is 6.29 Å². The lowest BCUT2D eigenvalue weighted by Crippen LogP contribution is -2.47. The standard InChI is InChI=1S/C16H22O8S/c1-19-12-6-4-11(5-7-12)8-21-14-13-15(20-2)24-16(14,9-22-13)10-23-25(3,17)18/h4-7,13-15H,8-10H2,1-3H3/t13-,14+,15+,16-/m0/s1. The van der Waals surface area contributed by atoms with E-state index in [9.17, 15) is 8.42 Å². The first-order valence-corrected chi connectivity index (χ1v) is 9.60. The Morgan fingerprint density at radius 3 is 2.56 bits per heavy atom. The molecule has 0 aromatic heterocycles. The van der Waals surface area contributed by atoms with Crippen molar-refractivity contribution in [3.8, 4) is 5.75 Å². The molecule has 8 nitrogen and oxygen atoms in total. The maximum Gasteiger partial charge on any atom is 0.264 e. The molecule has 2 fully saturated rings. The van der Waals surface area contributed by atoms with Gasteiger partial charge in [-0.2, -0.15) is 8.42 Å². The predicted molar refractivity (Wildman–Crippen MR) is 86.7 cm³/mol. The van der Waals surface area contributed by atoms with E-state index >= 15 is 0 Å². The Hall–Kier alpha value is -1.23. The van der Waals surface area contributed by atoms with Crippen molar-refractivity contribution < 1.29 is 36.3 Å². The van der Waals surface area contributed by atoms with E-state index < -0.39 is 34.2 Å². The summed E-state index contributed by atoms with van der Waals surface area (Å²) < 4.78 is 55.6. The van der Waals surface area contributed by atoms with Crippen LogP contribution in [0.2, 0.25) is 0 Å². The van der Waals surface area contributed by atoms with Gasteiger partial charge in [0.2, 0.25) is 0 Å². The minimum absolute atomic E-state index is 0.181. The molecule has 2 saturated heterocycles. The summed E-state index contributed by atoms with van der Waals surface area (Å²) in [5, 5.41) is 0. The van der Waals surface area contributed by atoms with Gasteiger partial charge in [-0.25, -0.2) is 0 Å². The van der Waals surface area contributed by atoms with Gasteiger partial charge in [0.25, 0.3) is 10.1 Å². The molecule has 1 aromatic carbocycles. The average molecular weight is 374 g/mol. The van der Waals surface area contributed by atoms with Gasteiger partial charge in [0.1, 0.15) is 30.2 Å². The van der Waals surface area contributed by atoms with Crippen molar-refractivity contribution in [2.24, 2.45) is 0 Å². The Labute approximate surface area is 147 Å². The molecule has 9 heteroatoms. The lowest BCUT2D eigenvalue weighted by Gasteiger charge is -2.30. The molecular weight excluding hydrogens is 352 g/mol. The summed E-state index contributed by atoms with van der Waals surface area (Å²) in [6.45, 7) is 0.310. The quantitative estimate of drug-likeness (QED) is 0.614. The molecule has 0 radical (unpaired) electrons.